The molecule has 0 bridgehead atoms. The maximum Gasteiger partial charge on any atom is 0.356 e. The van der Waals surface area contributed by atoms with Gasteiger partial charge in [0, 0.05) is 14.1 Å². The summed E-state index contributed by atoms with van der Waals surface area (Å²) in [4.78, 5) is 20.6. The van der Waals surface area contributed by atoms with E-state index in [1.807, 2.05) is 43.3 Å². The maximum atomic E-state index is 10.8. The Hall–Kier alpha value is -2.63. The molecule has 0 saturated heterocycles. The van der Waals surface area contributed by atoms with Crippen molar-refractivity contribution in [1.29, 1.82) is 0 Å². The van der Waals surface area contributed by atoms with E-state index < -0.39 is 5.97 Å². The standard InChI is InChI=1S/C13H14N4O2/c1-17(2)11-6-4-3-5-9(11)15-12-8-14-7-10(16-12)13(18)19/h3-8H,1-2H3,(H,15,16)(H,18,19). The van der Waals surface area contributed by atoms with Crippen molar-refractivity contribution >= 4 is 23.2 Å². The van der Waals surface area contributed by atoms with E-state index in [0.717, 1.165) is 11.4 Å². The fourth-order valence-electron chi connectivity index (χ4n) is 1.64. The number of anilines is 3. The fourth-order valence-corrected chi connectivity index (χ4v) is 1.64. The van der Waals surface area contributed by atoms with Crippen molar-refractivity contribution in [3.05, 3.63) is 42.4 Å². The highest BCUT2D eigenvalue weighted by Crippen LogP contribution is 2.26. The second-order valence-electron chi connectivity index (χ2n) is 4.13. The third kappa shape index (κ3) is 2.98. The van der Waals surface area contributed by atoms with Crippen LogP contribution in [0.5, 0.6) is 0 Å². The molecule has 0 fully saturated rings. The fraction of sp³-hybridized carbons (Fsp3) is 0.154. The summed E-state index contributed by atoms with van der Waals surface area (Å²) in [7, 11) is 3.86. The summed E-state index contributed by atoms with van der Waals surface area (Å²) in [5.74, 6) is -0.703. The van der Waals surface area contributed by atoms with Crippen LogP contribution in [0.25, 0.3) is 0 Å². The van der Waals surface area contributed by atoms with E-state index in [0.29, 0.717) is 5.82 Å². The minimum atomic E-state index is -1.10. The number of benzene rings is 1. The van der Waals surface area contributed by atoms with Crippen molar-refractivity contribution < 1.29 is 9.90 Å². The molecule has 19 heavy (non-hydrogen) atoms. The lowest BCUT2D eigenvalue weighted by Gasteiger charge is -2.17. The first-order valence-electron chi connectivity index (χ1n) is 5.66. The van der Waals surface area contributed by atoms with Gasteiger partial charge in [-0.1, -0.05) is 12.1 Å². The van der Waals surface area contributed by atoms with Gasteiger partial charge in [-0.15, -0.1) is 0 Å². The summed E-state index contributed by atoms with van der Waals surface area (Å²) in [6, 6.07) is 7.67. The maximum absolute atomic E-state index is 10.8. The molecule has 6 nitrogen and oxygen atoms in total. The number of hydrogen-bond donors (Lipinski definition) is 2. The van der Waals surface area contributed by atoms with Gasteiger partial charge < -0.3 is 15.3 Å². The number of nitrogens with zero attached hydrogens (tertiary/aromatic N) is 3. The molecule has 6 heteroatoms. The molecule has 2 rings (SSSR count). The van der Waals surface area contributed by atoms with Crippen molar-refractivity contribution in [1.82, 2.24) is 9.97 Å². The SMILES string of the molecule is CN(C)c1ccccc1Nc1cncc(C(=O)O)n1. The smallest absolute Gasteiger partial charge is 0.356 e. The Labute approximate surface area is 110 Å². The molecule has 0 unspecified atom stereocenters. The first kappa shape index (κ1) is 12.8. The summed E-state index contributed by atoms with van der Waals surface area (Å²) in [6.07, 6.45) is 2.70. The molecule has 0 aliphatic heterocycles. The molecule has 2 aromatic rings. The molecule has 98 valence electrons. The zero-order chi connectivity index (χ0) is 13.8. The van der Waals surface area contributed by atoms with Gasteiger partial charge >= 0.3 is 5.97 Å². The first-order chi connectivity index (χ1) is 9.08. The molecule has 1 heterocycles. The number of rotatable bonds is 4. The average Bonchev–Trinajstić information content (AvgIpc) is 2.39. The quantitative estimate of drug-likeness (QED) is 0.873. The van der Waals surface area contributed by atoms with Crippen LogP contribution in [0, 0.1) is 0 Å². The Kier molecular flexibility index (Phi) is 3.61. The summed E-state index contributed by atoms with van der Waals surface area (Å²) in [5.41, 5.74) is 1.72. The molecular formula is C13H14N4O2. The highest BCUT2D eigenvalue weighted by Gasteiger charge is 2.08. The van der Waals surface area contributed by atoms with Gasteiger partial charge in [0.25, 0.3) is 0 Å². The van der Waals surface area contributed by atoms with Crippen LogP contribution in [0.15, 0.2) is 36.7 Å². The van der Waals surface area contributed by atoms with Gasteiger partial charge in [-0.2, -0.15) is 0 Å². The van der Waals surface area contributed by atoms with Crippen molar-refractivity contribution in [2.24, 2.45) is 0 Å². The van der Waals surface area contributed by atoms with Gasteiger partial charge in [0.05, 0.1) is 23.8 Å². The molecule has 0 radical (unpaired) electrons. The van der Waals surface area contributed by atoms with E-state index >= 15 is 0 Å². The first-order valence-corrected chi connectivity index (χ1v) is 5.66. The van der Waals surface area contributed by atoms with Crippen LogP contribution in [0.2, 0.25) is 0 Å². The Morgan fingerprint density at radius 3 is 2.68 bits per heavy atom. The minimum Gasteiger partial charge on any atom is -0.476 e. The Bertz CT molecular complexity index is 599. The number of carbonyl (C=O) groups is 1. The Morgan fingerprint density at radius 1 is 1.26 bits per heavy atom. The predicted octanol–water partition coefficient (Wildman–Crippen LogP) is 1.98. The number of carboxylic acid groups (broad SMARTS) is 1. The highest BCUT2D eigenvalue weighted by atomic mass is 16.4. The number of hydrogen-bond acceptors (Lipinski definition) is 5. The molecule has 1 aromatic carbocycles. The van der Waals surface area contributed by atoms with Crippen molar-refractivity contribution in [2.75, 3.05) is 24.3 Å². The minimum absolute atomic E-state index is 0.0904. The zero-order valence-electron chi connectivity index (χ0n) is 10.7. The van der Waals surface area contributed by atoms with Crippen LogP contribution in [0.1, 0.15) is 10.5 Å². The van der Waals surface area contributed by atoms with Gasteiger partial charge in [0.2, 0.25) is 0 Å². The number of nitrogens with one attached hydrogen (secondary N) is 1. The second kappa shape index (κ2) is 5.34. The van der Waals surface area contributed by atoms with E-state index in [1.165, 1.54) is 12.4 Å². The number of aromatic carboxylic acids is 1. The normalized spacial score (nSPS) is 10.0. The van der Waals surface area contributed by atoms with E-state index in [4.69, 9.17) is 5.11 Å². The van der Waals surface area contributed by atoms with E-state index in [9.17, 15) is 4.79 Å². The molecule has 0 saturated carbocycles. The van der Waals surface area contributed by atoms with E-state index in [-0.39, 0.29) is 5.69 Å². The van der Waals surface area contributed by atoms with Gasteiger partial charge in [-0.25, -0.2) is 9.78 Å². The van der Waals surface area contributed by atoms with Crippen LogP contribution in [0.3, 0.4) is 0 Å². The number of para-hydroxylation sites is 2. The lowest BCUT2D eigenvalue weighted by Crippen LogP contribution is -2.11. The van der Waals surface area contributed by atoms with Crippen LogP contribution in [0.4, 0.5) is 17.2 Å². The third-order valence-electron chi connectivity index (χ3n) is 2.50. The van der Waals surface area contributed by atoms with Crippen molar-refractivity contribution in [2.45, 2.75) is 0 Å². The lowest BCUT2D eigenvalue weighted by molar-refractivity contribution is 0.0690. The van der Waals surface area contributed by atoms with Crippen molar-refractivity contribution in [3.8, 4) is 0 Å². The van der Waals surface area contributed by atoms with E-state index in [1.54, 1.807) is 0 Å². The summed E-state index contributed by atoms with van der Waals surface area (Å²) < 4.78 is 0. The number of aromatic nitrogens is 2. The average molecular weight is 258 g/mol. The summed E-state index contributed by atoms with van der Waals surface area (Å²) in [6.45, 7) is 0. The predicted molar refractivity (Wildman–Crippen MR) is 73.0 cm³/mol. The molecule has 2 N–H and O–H groups in total. The second-order valence-corrected chi connectivity index (χ2v) is 4.13. The van der Waals surface area contributed by atoms with Gasteiger partial charge in [0.15, 0.2) is 5.69 Å². The van der Waals surface area contributed by atoms with Gasteiger partial charge in [-0.3, -0.25) is 4.98 Å². The Morgan fingerprint density at radius 2 is 2.00 bits per heavy atom. The number of carboxylic acids is 1. The monoisotopic (exact) mass is 258 g/mol. The van der Waals surface area contributed by atoms with Crippen LogP contribution < -0.4 is 10.2 Å². The molecule has 0 aliphatic carbocycles. The highest BCUT2D eigenvalue weighted by molar-refractivity contribution is 5.85. The molecular weight excluding hydrogens is 244 g/mol. The van der Waals surface area contributed by atoms with Gasteiger partial charge in [0.1, 0.15) is 5.82 Å². The summed E-state index contributed by atoms with van der Waals surface area (Å²) in [5, 5.41) is 12.0. The van der Waals surface area contributed by atoms with Crippen molar-refractivity contribution in [3.63, 3.8) is 0 Å². The van der Waals surface area contributed by atoms with Gasteiger partial charge in [-0.05, 0) is 12.1 Å². The van der Waals surface area contributed by atoms with Crippen LogP contribution in [-0.4, -0.2) is 35.1 Å². The topological polar surface area (TPSA) is 78.4 Å². The van der Waals surface area contributed by atoms with E-state index in [2.05, 4.69) is 15.3 Å². The van der Waals surface area contributed by atoms with Crippen LogP contribution in [-0.2, 0) is 0 Å². The Balaban J connectivity index is 2.31. The lowest BCUT2D eigenvalue weighted by atomic mass is 10.2. The van der Waals surface area contributed by atoms with Crippen LogP contribution >= 0.6 is 0 Å². The molecule has 1 aromatic heterocycles. The largest absolute Gasteiger partial charge is 0.476 e. The molecule has 0 spiro atoms. The third-order valence-corrected chi connectivity index (χ3v) is 2.50. The molecule has 0 aliphatic rings. The zero-order valence-corrected chi connectivity index (χ0v) is 10.7. The molecule has 0 atom stereocenters. The summed E-state index contributed by atoms with van der Waals surface area (Å²) >= 11 is 0. The molecule has 0 amide bonds.